The summed E-state index contributed by atoms with van der Waals surface area (Å²) in [5.74, 6) is -1.34. The van der Waals surface area contributed by atoms with Crippen molar-refractivity contribution >= 4 is 0 Å². The van der Waals surface area contributed by atoms with Crippen molar-refractivity contribution in [2.24, 2.45) is 0 Å². The molecule has 2 nitrogen and oxygen atoms in total. The molecule has 0 atom stereocenters. The Morgan fingerprint density at radius 1 is 1.33 bits per heavy atom. The van der Waals surface area contributed by atoms with E-state index in [1.165, 1.54) is 7.05 Å². The maximum atomic E-state index is 12.6. The summed E-state index contributed by atoms with van der Waals surface area (Å²) < 4.78 is 54.6. The summed E-state index contributed by atoms with van der Waals surface area (Å²) in [6, 6.07) is 2.28. The maximum absolute atomic E-state index is 12.6. The van der Waals surface area contributed by atoms with Crippen molar-refractivity contribution in [2.45, 2.75) is 6.18 Å². The van der Waals surface area contributed by atoms with Gasteiger partial charge in [-0.15, -0.1) is 0 Å². The lowest BCUT2D eigenvalue weighted by Gasteiger charge is -2.13. The Morgan fingerprint density at radius 3 is 2.53 bits per heavy atom. The monoisotopic (exact) mass is 223 g/mol. The molecule has 0 radical (unpaired) electrons. The minimum Gasteiger partial charge on any atom is -0.478 e. The molecule has 1 aromatic carbocycles. The van der Waals surface area contributed by atoms with E-state index in [0.29, 0.717) is 6.07 Å². The van der Waals surface area contributed by atoms with Crippen LogP contribution in [0, 0.1) is 5.82 Å². The largest absolute Gasteiger partial charge is 0.478 e. The highest BCUT2D eigenvalue weighted by Crippen LogP contribution is 2.36. The summed E-state index contributed by atoms with van der Waals surface area (Å²) in [5, 5.41) is 2.53. The fraction of sp³-hybridized carbons (Fsp3) is 0.333. The van der Waals surface area contributed by atoms with Gasteiger partial charge in [0.05, 0.1) is 0 Å². The van der Waals surface area contributed by atoms with Gasteiger partial charge in [-0.3, -0.25) is 5.32 Å². The van der Waals surface area contributed by atoms with Gasteiger partial charge >= 0.3 is 6.18 Å². The number of hydrogen-bond donors (Lipinski definition) is 1. The first-order chi connectivity index (χ1) is 6.95. The van der Waals surface area contributed by atoms with Gasteiger partial charge in [-0.25, -0.2) is 4.39 Å². The van der Waals surface area contributed by atoms with Crippen LogP contribution in [0.2, 0.25) is 0 Å². The highest BCUT2D eigenvalue weighted by Gasteiger charge is 2.34. The third-order valence-corrected chi connectivity index (χ3v) is 1.62. The summed E-state index contributed by atoms with van der Waals surface area (Å²) in [5.41, 5.74) is -1.11. The molecule has 1 N–H and O–H groups in total. The Labute approximate surface area is 83.9 Å². The van der Waals surface area contributed by atoms with E-state index in [4.69, 9.17) is 4.74 Å². The van der Waals surface area contributed by atoms with E-state index in [1.54, 1.807) is 0 Å². The standard InChI is InChI=1S/C9H9F4NO/c1-14-5-15-8-3-2-6(10)4-7(8)9(11,12)13/h2-4,14H,5H2,1H3. The van der Waals surface area contributed by atoms with Gasteiger partial charge in [0.1, 0.15) is 23.9 Å². The zero-order valence-electron chi connectivity index (χ0n) is 7.86. The Balaban J connectivity index is 3.04. The molecule has 0 aromatic heterocycles. The van der Waals surface area contributed by atoms with Gasteiger partial charge in [0, 0.05) is 0 Å². The van der Waals surface area contributed by atoms with Gasteiger partial charge in [0.15, 0.2) is 0 Å². The number of ether oxygens (including phenoxy) is 1. The van der Waals surface area contributed by atoms with Gasteiger partial charge in [-0.1, -0.05) is 0 Å². The number of alkyl halides is 3. The third kappa shape index (κ3) is 3.09. The van der Waals surface area contributed by atoms with Crippen molar-refractivity contribution in [3.05, 3.63) is 29.6 Å². The first-order valence-corrected chi connectivity index (χ1v) is 4.09. The first-order valence-electron chi connectivity index (χ1n) is 4.09. The van der Waals surface area contributed by atoms with Crippen LogP contribution in [-0.2, 0) is 6.18 Å². The van der Waals surface area contributed by atoms with Crippen LogP contribution in [0.15, 0.2) is 18.2 Å². The lowest BCUT2D eigenvalue weighted by atomic mass is 10.2. The Bertz CT molecular complexity index is 337. The summed E-state index contributed by atoms with van der Waals surface area (Å²) in [6.45, 7) is -0.0747. The van der Waals surface area contributed by atoms with E-state index in [2.05, 4.69) is 5.32 Å². The van der Waals surface area contributed by atoms with Crippen LogP contribution in [-0.4, -0.2) is 13.8 Å². The molecule has 0 bridgehead atoms. The van der Waals surface area contributed by atoms with Crippen LogP contribution in [0.4, 0.5) is 17.6 Å². The zero-order valence-corrected chi connectivity index (χ0v) is 7.86. The quantitative estimate of drug-likeness (QED) is 0.627. The molecule has 0 fully saturated rings. The van der Waals surface area contributed by atoms with E-state index in [1.807, 2.05) is 0 Å². The van der Waals surface area contributed by atoms with Crippen molar-refractivity contribution in [3.63, 3.8) is 0 Å². The number of rotatable bonds is 3. The molecule has 1 rings (SSSR count). The number of hydrogen-bond acceptors (Lipinski definition) is 2. The Hall–Kier alpha value is -1.30. The van der Waals surface area contributed by atoms with E-state index in [-0.39, 0.29) is 6.73 Å². The number of benzene rings is 1. The van der Waals surface area contributed by atoms with E-state index in [0.717, 1.165) is 12.1 Å². The zero-order chi connectivity index (χ0) is 11.5. The predicted molar refractivity (Wildman–Crippen MR) is 46.0 cm³/mol. The molecular formula is C9H9F4NO. The van der Waals surface area contributed by atoms with Crippen molar-refractivity contribution in [1.82, 2.24) is 5.32 Å². The SMILES string of the molecule is CNCOc1ccc(F)cc1C(F)(F)F. The van der Waals surface area contributed by atoms with E-state index < -0.39 is 23.3 Å². The van der Waals surface area contributed by atoms with Crippen LogP contribution < -0.4 is 10.1 Å². The fourth-order valence-corrected chi connectivity index (χ4v) is 1.000. The second-order valence-electron chi connectivity index (χ2n) is 2.78. The van der Waals surface area contributed by atoms with E-state index >= 15 is 0 Å². The molecule has 1 aromatic rings. The fourth-order valence-electron chi connectivity index (χ4n) is 1.000. The minimum atomic E-state index is -4.62. The molecule has 84 valence electrons. The molecule has 6 heteroatoms. The first kappa shape index (κ1) is 11.8. The van der Waals surface area contributed by atoms with Crippen LogP contribution in [0.25, 0.3) is 0 Å². The average Bonchev–Trinajstić information content (AvgIpc) is 2.14. The number of nitrogens with one attached hydrogen (secondary N) is 1. The second kappa shape index (κ2) is 4.48. The molecule has 0 spiro atoms. The van der Waals surface area contributed by atoms with Gasteiger partial charge in [-0.2, -0.15) is 13.2 Å². The van der Waals surface area contributed by atoms with Crippen molar-refractivity contribution in [3.8, 4) is 5.75 Å². The predicted octanol–water partition coefficient (Wildman–Crippen LogP) is 2.40. The highest BCUT2D eigenvalue weighted by molar-refractivity contribution is 5.36. The Morgan fingerprint density at radius 2 is 2.00 bits per heavy atom. The molecular weight excluding hydrogens is 214 g/mol. The molecule has 0 aliphatic heterocycles. The minimum absolute atomic E-state index is 0.0747. The topological polar surface area (TPSA) is 21.3 Å². The van der Waals surface area contributed by atoms with Gasteiger partial charge in [-0.05, 0) is 25.2 Å². The molecule has 0 aliphatic rings. The molecule has 0 amide bonds. The molecule has 0 saturated carbocycles. The molecule has 0 saturated heterocycles. The van der Waals surface area contributed by atoms with Crippen molar-refractivity contribution < 1.29 is 22.3 Å². The summed E-state index contributed by atoms with van der Waals surface area (Å²) in [7, 11) is 1.52. The number of halogens is 4. The van der Waals surface area contributed by atoms with Gasteiger partial charge in [0.2, 0.25) is 0 Å². The van der Waals surface area contributed by atoms with Crippen molar-refractivity contribution in [1.29, 1.82) is 0 Å². The lowest BCUT2D eigenvalue weighted by Crippen LogP contribution is -2.17. The van der Waals surface area contributed by atoms with Crippen molar-refractivity contribution in [2.75, 3.05) is 13.8 Å². The van der Waals surface area contributed by atoms with Crippen LogP contribution >= 0.6 is 0 Å². The summed E-state index contributed by atoms with van der Waals surface area (Å²) >= 11 is 0. The molecule has 0 unspecified atom stereocenters. The third-order valence-electron chi connectivity index (χ3n) is 1.62. The summed E-state index contributed by atoms with van der Waals surface area (Å²) in [4.78, 5) is 0. The van der Waals surface area contributed by atoms with E-state index in [9.17, 15) is 17.6 Å². The molecule has 15 heavy (non-hydrogen) atoms. The molecule has 0 heterocycles. The lowest BCUT2D eigenvalue weighted by molar-refractivity contribution is -0.139. The van der Waals surface area contributed by atoms with Crippen LogP contribution in [0.1, 0.15) is 5.56 Å². The average molecular weight is 223 g/mol. The highest BCUT2D eigenvalue weighted by atomic mass is 19.4. The summed E-state index contributed by atoms with van der Waals surface area (Å²) in [6.07, 6.45) is -4.62. The maximum Gasteiger partial charge on any atom is 0.420 e. The van der Waals surface area contributed by atoms with Gasteiger partial charge < -0.3 is 4.74 Å². The van der Waals surface area contributed by atoms with Crippen LogP contribution in [0.5, 0.6) is 5.75 Å². The normalized spacial score (nSPS) is 11.5. The Kier molecular flexibility index (Phi) is 3.52. The smallest absolute Gasteiger partial charge is 0.420 e. The van der Waals surface area contributed by atoms with Crippen LogP contribution in [0.3, 0.4) is 0 Å². The molecule has 0 aliphatic carbocycles. The second-order valence-corrected chi connectivity index (χ2v) is 2.78. The van der Waals surface area contributed by atoms with Gasteiger partial charge in [0.25, 0.3) is 0 Å².